The van der Waals surface area contributed by atoms with E-state index in [0.29, 0.717) is 12.5 Å². The zero-order valence-electron chi connectivity index (χ0n) is 14.3. The Morgan fingerprint density at radius 1 is 1.46 bits per heavy atom. The van der Waals surface area contributed by atoms with Crippen molar-refractivity contribution >= 4 is 17.1 Å². The number of hydrogen-bond acceptors (Lipinski definition) is 3. The number of methoxy groups -OCH3 is 1. The number of fused-ring (bicyclic) bond motifs is 1. The molecule has 0 saturated carbocycles. The van der Waals surface area contributed by atoms with Gasteiger partial charge in [-0.3, -0.25) is 0 Å². The molecule has 2 N–H and O–H groups in total. The van der Waals surface area contributed by atoms with Crippen molar-refractivity contribution in [2.24, 2.45) is 5.92 Å². The number of aromatic amines is 1. The zero-order valence-corrected chi connectivity index (χ0v) is 14.3. The SMILES string of the molecule is COC[C@H]1CCCN(C(=O)NCCCc2nc3ccccc3[nH]2)C1. The average molecular weight is 330 g/mol. The van der Waals surface area contributed by atoms with E-state index in [1.807, 2.05) is 29.2 Å². The van der Waals surface area contributed by atoms with Gasteiger partial charge < -0.3 is 19.9 Å². The molecule has 0 unspecified atom stereocenters. The number of aryl methyl sites for hydroxylation is 1. The molecule has 2 heterocycles. The molecule has 6 nitrogen and oxygen atoms in total. The summed E-state index contributed by atoms with van der Waals surface area (Å²) in [5.74, 6) is 1.44. The van der Waals surface area contributed by atoms with Gasteiger partial charge in [0.15, 0.2) is 0 Å². The van der Waals surface area contributed by atoms with Crippen LogP contribution in [-0.4, -0.2) is 54.2 Å². The van der Waals surface area contributed by atoms with E-state index in [1.165, 1.54) is 0 Å². The lowest BCUT2D eigenvalue weighted by molar-refractivity contribution is 0.100. The van der Waals surface area contributed by atoms with E-state index in [1.54, 1.807) is 7.11 Å². The molecular weight excluding hydrogens is 304 g/mol. The number of imidazole rings is 1. The quantitative estimate of drug-likeness (QED) is 0.800. The largest absolute Gasteiger partial charge is 0.384 e. The molecule has 1 aromatic heterocycles. The van der Waals surface area contributed by atoms with E-state index in [2.05, 4.69) is 15.3 Å². The molecule has 1 atom stereocenters. The van der Waals surface area contributed by atoms with Gasteiger partial charge in [0.05, 0.1) is 17.6 Å². The number of rotatable bonds is 6. The van der Waals surface area contributed by atoms with Crippen LogP contribution >= 0.6 is 0 Å². The third-order valence-corrected chi connectivity index (χ3v) is 4.51. The van der Waals surface area contributed by atoms with Gasteiger partial charge >= 0.3 is 6.03 Å². The highest BCUT2D eigenvalue weighted by atomic mass is 16.5. The highest BCUT2D eigenvalue weighted by molar-refractivity contribution is 5.75. The van der Waals surface area contributed by atoms with Crippen LogP contribution in [0.4, 0.5) is 4.79 Å². The summed E-state index contributed by atoms with van der Waals surface area (Å²) in [6, 6.07) is 8.06. The number of piperidine rings is 1. The van der Waals surface area contributed by atoms with Gasteiger partial charge in [-0.15, -0.1) is 0 Å². The number of nitrogens with one attached hydrogen (secondary N) is 2. The second-order valence-corrected chi connectivity index (χ2v) is 6.45. The van der Waals surface area contributed by atoms with Crippen LogP contribution < -0.4 is 5.32 Å². The summed E-state index contributed by atoms with van der Waals surface area (Å²) in [5, 5.41) is 3.02. The second-order valence-electron chi connectivity index (χ2n) is 6.45. The molecule has 0 spiro atoms. The van der Waals surface area contributed by atoms with Crippen LogP contribution in [0.3, 0.4) is 0 Å². The molecule has 3 rings (SSSR count). The molecule has 1 aromatic carbocycles. The van der Waals surface area contributed by atoms with Crippen LogP contribution in [0.15, 0.2) is 24.3 Å². The van der Waals surface area contributed by atoms with Crippen molar-refractivity contribution in [1.29, 1.82) is 0 Å². The van der Waals surface area contributed by atoms with Gasteiger partial charge in [-0.05, 0) is 31.4 Å². The summed E-state index contributed by atoms with van der Waals surface area (Å²) >= 11 is 0. The molecule has 1 aliphatic rings. The molecule has 2 amide bonds. The maximum absolute atomic E-state index is 12.3. The van der Waals surface area contributed by atoms with Gasteiger partial charge in [0.1, 0.15) is 5.82 Å². The van der Waals surface area contributed by atoms with Crippen LogP contribution in [0.1, 0.15) is 25.1 Å². The Bertz CT molecular complexity index is 635. The van der Waals surface area contributed by atoms with Gasteiger partial charge in [0.2, 0.25) is 0 Å². The molecule has 0 aliphatic carbocycles. The van der Waals surface area contributed by atoms with E-state index in [9.17, 15) is 4.79 Å². The summed E-state index contributed by atoms with van der Waals surface area (Å²) in [4.78, 5) is 22.0. The number of para-hydroxylation sites is 2. The fraction of sp³-hybridized carbons (Fsp3) is 0.556. The average Bonchev–Trinajstić information content (AvgIpc) is 3.02. The molecule has 1 aliphatic heterocycles. The summed E-state index contributed by atoms with van der Waals surface area (Å²) in [6.45, 7) is 3.04. The minimum Gasteiger partial charge on any atom is -0.384 e. The Labute approximate surface area is 142 Å². The molecule has 1 saturated heterocycles. The fourth-order valence-electron chi connectivity index (χ4n) is 3.31. The molecule has 6 heteroatoms. The molecule has 24 heavy (non-hydrogen) atoms. The lowest BCUT2D eigenvalue weighted by Gasteiger charge is -2.32. The predicted octanol–water partition coefficient (Wildman–Crippen LogP) is 2.56. The van der Waals surface area contributed by atoms with Gasteiger partial charge in [0.25, 0.3) is 0 Å². The second kappa shape index (κ2) is 8.15. The number of ether oxygens (including phenoxy) is 1. The van der Waals surface area contributed by atoms with Crippen LogP contribution in [-0.2, 0) is 11.2 Å². The van der Waals surface area contributed by atoms with Crippen molar-refractivity contribution in [1.82, 2.24) is 20.2 Å². The number of benzene rings is 1. The third-order valence-electron chi connectivity index (χ3n) is 4.51. The first kappa shape index (κ1) is 16.8. The summed E-state index contributed by atoms with van der Waals surface area (Å²) < 4.78 is 5.21. The highest BCUT2D eigenvalue weighted by Crippen LogP contribution is 2.16. The Morgan fingerprint density at radius 3 is 3.17 bits per heavy atom. The minimum absolute atomic E-state index is 0.0420. The van der Waals surface area contributed by atoms with Crippen LogP contribution in [0.25, 0.3) is 11.0 Å². The highest BCUT2D eigenvalue weighted by Gasteiger charge is 2.23. The number of carbonyl (C=O) groups excluding carboxylic acids is 1. The molecule has 130 valence electrons. The number of amides is 2. The van der Waals surface area contributed by atoms with Crippen LogP contribution in [0.5, 0.6) is 0 Å². The number of aromatic nitrogens is 2. The molecule has 2 aromatic rings. The Balaban J connectivity index is 1.40. The van der Waals surface area contributed by atoms with E-state index < -0.39 is 0 Å². The molecule has 0 bridgehead atoms. The van der Waals surface area contributed by atoms with Crippen molar-refractivity contribution < 1.29 is 9.53 Å². The molecule has 0 radical (unpaired) electrons. The Kier molecular flexibility index (Phi) is 5.69. The lowest BCUT2D eigenvalue weighted by Crippen LogP contribution is -2.46. The fourth-order valence-corrected chi connectivity index (χ4v) is 3.31. The first-order valence-electron chi connectivity index (χ1n) is 8.71. The standard InChI is InChI=1S/C18H26N4O2/c1-24-13-14-6-5-11-22(12-14)18(23)19-10-4-9-17-20-15-7-2-3-8-16(15)21-17/h2-3,7-8,14H,4-6,9-13H2,1H3,(H,19,23)(H,20,21)/t14-/m0/s1. The maximum atomic E-state index is 12.3. The molecular formula is C18H26N4O2. The molecule has 1 fully saturated rings. The monoisotopic (exact) mass is 330 g/mol. The van der Waals surface area contributed by atoms with E-state index >= 15 is 0 Å². The van der Waals surface area contributed by atoms with Crippen molar-refractivity contribution in [3.05, 3.63) is 30.1 Å². The van der Waals surface area contributed by atoms with E-state index in [0.717, 1.165) is 62.2 Å². The van der Waals surface area contributed by atoms with E-state index in [4.69, 9.17) is 4.74 Å². The van der Waals surface area contributed by atoms with Gasteiger partial charge in [-0.2, -0.15) is 0 Å². The topological polar surface area (TPSA) is 70.2 Å². The normalized spacial score (nSPS) is 18.0. The first-order valence-corrected chi connectivity index (χ1v) is 8.71. The summed E-state index contributed by atoms with van der Waals surface area (Å²) in [5.41, 5.74) is 2.06. The lowest BCUT2D eigenvalue weighted by atomic mass is 9.99. The number of nitrogens with zero attached hydrogens (tertiary/aromatic N) is 2. The Morgan fingerprint density at radius 2 is 2.33 bits per heavy atom. The van der Waals surface area contributed by atoms with E-state index in [-0.39, 0.29) is 6.03 Å². The Hall–Kier alpha value is -2.08. The summed E-state index contributed by atoms with van der Waals surface area (Å²) in [7, 11) is 1.72. The number of likely N-dealkylation sites (tertiary alicyclic amines) is 1. The van der Waals surface area contributed by atoms with Crippen LogP contribution in [0, 0.1) is 5.92 Å². The first-order chi connectivity index (χ1) is 11.8. The minimum atomic E-state index is 0.0420. The smallest absolute Gasteiger partial charge is 0.317 e. The number of H-pyrrole nitrogens is 1. The number of carbonyl (C=O) groups is 1. The van der Waals surface area contributed by atoms with Gasteiger partial charge in [-0.1, -0.05) is 12.1 Å². The van der Waals surface area contributed by atoms with Crippen molar-refractivity contribution in [2.45, 2.75) is 25.7 Å². The summed E-state index contributed by atoms with van der Waals surface area (Å²) in [6.07, 6.45) is 3.91. The zero-order chi connectivity index (χ0) is 16.8. The van der Waals surface area contributed by atoms with Crippen molar-refractivity contribution in [3.63, 3.8) is 0 Å². The predicted molar refractivity (Wildman–Crippen MR) is 94.0 cm³/mol. The van der Waals surface area contributed by atoms with Crippen molar-refractivity contribution in [2.75, 3.05) is 33.4 Å². The van der Waals surface area contributed by atoms with Gasteiger partial charge in [0, 0.05) is 39.1 Å². The van der Waals surface area contributed by atoms with Gasteiger partial charge in [-0.25, -0.2) is 9.78 Å². The van der Waals surface area contributed by atoms with Crippen molar-refractivity contribution in [3.8, 4) is 0 Å². The third kappa shape index (κ3) is 4.26. The number of hydrogen-bond donors (Lipinski definition) is 2. The maximum Gasteiger partial charge on any atom is 0.317 e. The number of urea groups is 1. The van der Waals surface area contributed by atoms with Crippen LogP contribution in [0.2, 0.25) is 0 Å².